The molecule has 2 aromatic rings. The maximum Gasteiger partial charge on any atom is 0.234 e. The van der Waals surface area contributed by atoms with E-state index in [0.29, 0.717) is 29.3 Å². The first-order valence-corrected chi connectivity index (χ1v) is 18.0. The molecule has 0 spiro atoms. The Balaban J connectivity index is 1.86. The molecule has 0 unspecified atom stereocenters. The number of carbonyl (C=O) groups is 2. The first-order chi connectivity index (χ1) is 19.6. The number of rotatable bonds is 11. The number of carbonyl (C=O) groups excluding carboxylic acids is 2. The fraction of sp³-hybridized carbons (Fsp3) is 0.517. The zero-order valence-corrected chi connectivity index (χ0v) is 27.2. The molecule has 1 saturated carbocycles. The van der Waals surface area contributed by atoms with Gasteiger partial charge in [0.15, 0.2) is 0 Å². The van der Waals surface area contributed by atoms with Crippen molar-refractivity contribution in [3.05, 3.63) is 69.7 Å². The normalized spacial score (nSPS) is 24.1. The summed E-state index contributed by atoms with van der Waals surface area (Å²) in [7, 11) is -5.83. The van der Waals surface area contributed by atoms with Gasteiger partial charge in [0.2, 0.25) is 31.9 Å². The van der Waals surface area contributed by atoms with Gasteiger partial charge in [-0.1, -0.05) is 61.3 Å². The second-order valence-electron chi connectivity index (χ2n) is 11.7. The van der Waals surface area contributed by atoms with Crippen LogP contribution in [0, 0.1) is 5.41 Å². The Morgan fingerprint density at radius 1 is 1.07 bits per heavy atom. The van der Waals surface area contributed by atoms with Crippen molar-refractivity contribution in [2.24, 2.45) is 5.41 Å². The molecule has 4 rings (SSSR count). The lowest BCUT2D eigenvalue weighted by Crippen LogP contribution is -2.58. The zero-order chi connectivity index (χ0) is 31.0. The number of hydrogen-bond donors (Lipinski definition) is 1. The van der Waals surface area contributed by atoms with Crippen LogP contribution in [-0.4, -0.2) is 69.0 Å². The smallest absolute Gasteiger partial charge is 0.234 e. The van der Waals surface area contributed by atoms with Gasteiger partial charge in [-0.3, -0.25) is 14.3 Å². The Morgan fingerprint density at radius 3 is 2.26 bits per heavy atom. The summed E-state index contributed by atoms with van der Waals surface area (Å²) in [5, 5.41) is 0.620. The summed E-state index contributed by atoms with van der Waals surface area (Å²) in [5.41, 5.74) is 0.335. The van der Waals surface area contributed by atoms with E-state index in [4.69, 9.17) is 23.2 Å². The first kappa shape index (κ1) is 32.7. The standard InChI is InChI=1S/C29H37Cl2N3O6S2/c1-5-23(18-33(3)42(39,40)24-13-14-24)34-27(19-9-11-21(30)12-10-19)25(20-7-6-8-22(31)15-20)16-29(2,28(34)36)17-26(35)32-41(4,37)38/h6-12,15,23-25,27H,5,13-14,16-18H2,1-4H3,(H,32,35)/t23-,25+,27+,29-/m0/s1. The van der Waals surface area contributed by atoms with Gasteiger partial charge in [0.1, 0.15) is 0 Å². The van der Waals surface area contributed by atoms with Gasteiger partial charge >= 0.3 is 0 Å². The molecule has 1 aliphatic carbocycles. The molecule has 1 saturated heterocycles. The Bertz CT molecular complexity index is 1550. The number of likely N-dealkylation sites (N-methyl/N-ethyl adjacent to an activating group) is 1. The van der Waals surface area contributed by atoms with E-state index in [2.05, 4.69) is 0 Å². The Kier molecular flexibility index (Phi) is 9.69. The molecular weight excluding hydrogens is 621 g/mol. The summed E-state index contributed by atoms with van der Waals surface area (Å²) in [6.45, 7) is 3.63. The van der Waals surface area contributed by atoms with Crippen LogP contribution in [0.15, 0.2) is 48.5 Å². The third-order valence-corrected chi connectivity index (χ3v) is 11.6. The van der Waals surface area contributed by atoms with Crippen LogP contribution in [0.25, 0.3) is 0 Å². The number of nitrogens with one attached hydrogen (secondary N) is 1. The number of halogens is 2. The van der Waals surface area contributed by atoms with Gasteiger partial charge in [0.05, 0.1) is 23.0 Å². The third-order valence-electron chi connectivity index (χ3n) is 8.15. The molecule has 1 N–H and O–H groups in total. The van der Waals surface area contributed by atoms with Crippen LogP contribution in [0.3, 0.4) is 0 Å². The van der Waals surface area contributed by atoms with Crippen LogP contribution in [0.5, 0.6) is 0 Å². The van der Waals surface area contributed by atoms with Crippen molar-refractivity contribution in [3.8, 4) is 0 Å². The van der Waals surface area contributed by atoms with Crippen LogP contribution in [-0.2, 0) is 29.6 Å². The van der Waals surface area contributed by atoms with Gasteiger partial charge in [-0.15, -0.1) is 0 Å². The largest absolute Gasteiger partial charge is 0.330 e. The number of amides is 2. The molecule has 2 amide bonds. The predicted octanol–water partition coefficient (Wildman–Crippen LogP) is 4.73. The van der Waals surface area contributed by atoms with Gasteiger partial charge in [0.25, 0.3) is 0 Å². The highest BCUT2D eigenvalue weighted by atomic mass is 35.5. The predicted molar refractivity (Wildman–Crippen MR) is 164 cm³/mol. The number of sulfonamides is 2. The zero-order valence-electron chi connectivity index (χ0n) is 24.1. The first-order valence-electron chi connectivity index (χ1n) is 13.8. The van der Waals surface area contributed by atoms with Crippen molar-refractivity contribution in [2.45, 2.75) is 69.2 Å². The van der Waals surface area contributed by atoms with Gasteiger partial charge < -0.3 is 4.90 Å². The summed E-state index contributed by atoms with van der Waals surface area (Å²) in [5.74, 6) is -1.50. The number of hydrogen-bond acceptors (Lipinski definition) is 6. The SMILES string of the molecule is CC[C@@H](CN(C)S(=O)(=O)C1CC1)N1C(=O)[C@](C)(CC(=O)NS(C)(=O)=O)C[C@H](c2cccc(Cl)c2)[C@H]1c1ccc(Cl)cc1. The van der Waals surface area contributed by atoms with E-state index in [9.17, 15) is 26.4 Å². The highest BCUT2D eigenvalue weighted by Gasteiger charge is 2.53. The van der Waals surface area contributed by atoms with Crippen molar-refractivity contribution in [2.75, 3.05) is 19.8 Å². The molecule has 1 aliphatic heterocycles. The van der Waals surface area contributed by atoms with E-state index in [1.807, 2.05) is 42.0 Å². The van der Waals surface area contributed by atoms with Crippen molar-refractivity contribution in [1.82, 2.24) is 13.9 Å². The topological polar surface area (TPSA) is 121 Å². The molecular formula is C29H37Cl2N3O6S2. The second-order valence-corrected chi connectivity index (χ2v) is 16.6. The monoisotopic (exact) mass is 657 g/mol. The molecule has 4 atom stereocenters. The lowest BCUT2D eigenvalue weighted by atomic mass is 9.67. The minimum Gasteiger partial charge on any atom is -0.330 e. The molecule has 0 radical (unpaired) electrons. The number of nitrogens with zero attached hydrogens (tertiary/aromatic N) is 2. The van der Waals surface area contributed by atoms with E-state index in [1.54, 1.807) is 30.0 Å². The average molecular weight is 659 g/mol. The maximum absolute atomic E-state index is 14.6. The van der Waals surface area contributed by atoms with Gasteiger partial charge in [-0.05, 0) is 61.1 Å². The van der Waals surface area contributed by atoms with Crippen molar-refractivity contribution in [3.63, 3.8) is 0 Å². The van der Waals surface area contributed by atoms with E-state index >= 15 is 0 Å². The summed E-state index contributed by atoms with van der Waals surface area (Å²) in [6, 6.07) is 13.4. The van der Waals surface area contributed by atoms with Crippen molar-refractivity contribution in [1.29, 1.82) is 0 Å². The maximum atomic E-state index is 14.6. The Morgan fingerprint density at radius 2 is 1.71 bits per heavy atom. The summed E-state index contributed by atoms with van der Waals surface area (Å²) < 4.78 is 53.2. The van der Waals surface area contributed by atoms with E-state index in [-0.39, 0.29) is 31.2 Å². The van der Waals surface area contributed by atoms with E-state index in [1.165, 1.54) is 11.4 Å². The van der Waals surface area contributed by atoms with Gasteiger partial charge in [-0.25, -0.2) is 21.1 Å². The molecule has 230 valence electrons. The van der Waals surface area contributed by atoms with E-state index in [0.717, 1.165) is 17.4 Å². The highest BCUT2D eigenvalue weighted by Crippen LogP contribution is 2.52. The molecule has 2 aromatic carbocycles. The molecule has 0 aromatic heterocycles. The number of piperidine rings is 1. The lowest BCUT2D eigenvalue weighted by molar-refractivity contribution is -0.157. The average Bonchev–Trinajstić information content (AvgIpc) is 3.74. The highest BCUT2D eigenvalue weighted by molar-refractivity contribution is 7.90. The fourth-order valence-electron chi connectivity index (χ4n) is 5.98. The molecule has 42 heavy (non-hydrogen) atoms. The summed E-state index contributed by atoms with van der Waals surface area (Å²) in [4.78, 5) is 29.2. The minimum absolute atomic E-state index is 0.0685. The van der Waals surface area contributed by atoms with Gasteiger partial charge in [-0.2, -0.15) is 0 Å². The summed E-state index contributed by atoms with van der Waals surface area (Å²) in [6.07, 6.45) is 2.41. The quantitative estimate of drug-likeness (QED) is 0.373. The fourth-order valence-corrected chi connectivity index (χ4v) is 8.41. The Labute approximate surface area is 258 Å². The van der Waals surface area contributed by atoms with Crippen LogP contribution in [0.4, 0.5) is 0 Å². The number of likely N-dealkylation sites (tertiary alicyclic amines) is 1. The van der Waals surface area contributed by atoms with Crippen molar-refractivity contribution < 1.29 is 26.4 Å². The lowest BCUT2D eigenvalue weighted by Gasteiger charge is -2.52. The molecule has 2 aliphatic rings. The second kappa shape index (κ2) is 12.4. The van der Waals surface area contributed by atoms with E-state index < -0.39 is 48.7 Å². The van der Waals surface area contributed by atoms with Crippen LogP contribution in [0.1, 0.15) is 69.0 Å². The molecule has 2 fully saturated rings. The van der Waals surface area contributed by atoms with Gasteiger partial charge in [0, 0.05) is 42.0 Å². The minimum atomic E-state index is -3.84. The number of benzene rings is 2. The van der Waals surface area contributed by atoms with Crippen LogP contribution >= 0.6 is 23.2 Å². The molecule has 13 heteroatoms. The van der Waals surface area contributed by atoms with Crippen LogP contribution < -0.4 is 4.72 Å². The molecule has 1 heterocycles. The van der Waals surface area contributed by atoms with Crippen molar-refractivity contribution >= 4 is 55.1 Å². The molecule has 9 nitrogen and oxygen atoms in total. The van der Waals surface area contributed by atoms with Crippen LogP contribution in [0.2, 0.25) is 10.0 Å². The molecule has 0 bridgehead atoms. The summed E-state index contributed by atoms with van der Waals surface area (Å²) >= 11 is 12.6. The Hall–Kier alpha value is -2.18. The third kappa shape index (κ3) is 7.30.